The normalized spacial score (nSPS) is 9.35. The largest absolute Gasteiger partial charge is 0.478 e. The molecule has 0 bridgehead atoms. The molecule has 0 fully saturated rings. The van der Waals surface area contributed by atoms with Crippen molar-refractivity contribution in [1.82, 2.24) is 5.32 Å². The lowest BCUT2D eigenvalue weighted by Crippen LogP contribution is -2.24. The van der Waals surface area contributed by atoms with Crippen LogP contribution in [0.5, 0.6) is 0 Å². The molecule has 1 aromatic rings. The summed E-state index contributed by atoms with van der Waals surface area (Å²) >= 11 is 0. The molecule has 0 radical (unpaired) electrons. The molecule has 0 atom stereocenters. The molecule has 1 rings (SSSR count). The number of hydrogen-bond donors (Lipinski definition) is 2. The van der Waals surface area contributed by atoms with Crippen molar-refractivity contribution >= 4 is 11.9 Å². The van der Waals surface area contributed by atoms with Crippen molar-refractivity contribution in [3.8, 4) is 12.3 Å². The molecule has 17 heavy (non-hydrogen) atoms. The van der Waals surface area contributed by atoms with Crippen LogP contribution in [0, 0.1) is 12.3 Å². The molecule has 4 heteroatoms. The summed E-state index contributed by atoms with van der Waals surface area (Å²) in [4.78, 5) is 21.8. The van der Waals surface area contributed by atoms with E-state index in [-0.39, 0.29) is 17.9 Å². The molecule has 0 aliphatic carbocycles. The predicted molar refractivity (Wildman–Crippen MR) is 63.6 cm³/mol. The quantitative estimate of drug-likeness (QED) is 0.745. The van der Waals surface area contributed by atoms with E-state index in [1.165, 1.54) is 6.07 Å². The minimum Gasteiger partial charge on any atom is -0.478 e. The first kappa shape index (κ1) is 12.8. The summed E-state index contributed by atoms with van der Waals surface area (Å²) in [5, 5.41) is 11.5. The number of benzene rings is 1. The van der Waals surface area contributed by atoms with Crippen molar-refractivity contribution in [1.29, 1.82) is 0 Å². The minimum atomic E-state index is -0.955. The summed E-state index contributed by atoms with van der Waals surface area (Å²) in [6.45, 7) is 0.448. The zero-order valence-corrected chi connectivity index (χ0v) is 9.27. The molecule has 0 aliphatic heterocycles. The maximum absolute atomic E-state index is 11.1. The third-order valence-corrected chi connectivity index (χ3v) is 2.17. The van der Waals surface area contributed by atoms with Gasteiger partial charge in [-0.3, -0.25) is 4.79 Å². The molecule has 0 unspecified atom stereocenters. The third kappa shape index (κ3) is 4.39. The number of aromatic carboxylic acids is 1. The molecule has 0 aliphatic rings. The minimum absolute atomic E-state index is 0.0646. The molecule has 0 heterocycles. The van der Waals surface area contributed by atoms with Crippen LogP contribution >= 0.6 is 0 Å². The van der Waals surface area contributed by atoms with Gasteiger partial charge in [0.2, 0.25) is 5.91 Å². The van der Waals surface area contributed by atoms with E-state index in [1.54, 1.807) is 12.1 Å². The first-order valence-electron chi connectivity index (χ1n) is 5.16. The number of hydrogen-bond acceptors (Lipinski definition) is 2. The van der Waals surface area contributed by atoms with E-state index in [4.69, 9.17) is 11.5 Å². The number of terminal acetylenes is 1. The second kappa shape index (κ2) is 6.33. The third-order valence-electron chi connectivity index (χ3n) is 2.17. The monoisotopic (exact) mass is 231 g/mol. The van der Waals surface area contributed by atoms with Crippen molar-refractivity contribution in [2.75, 3.05) is 6.54 Å². The fraction of sp³-hybridized carbons (Fsp3) is 0.231. The number of carboxylic acids is 1. The standard InChI is InChI=1S/C13H13NO3/c1-2-4-12(15)14-8-7-10-5-3-6-11(9-10)13(16)17/h1,3,5-6,9H,4,7-8H2,(H,14,15)(H,16,17). The number of carbonyl (C=O) groups excluding carboxylic acids is 1. The fourth-order valence-electron chi connectivity index (χ4n) is 1.36. The smallest absolute Gasteiger partial charge is 0.335 e. The molecular weight excluding hydrogens is 218 g/mol. The molecule has 2 N–H and O–H groups in total. The van der Waals surface area contributed by atoms with Crippen molar-refractivity contribution in [3.05, 3.63) is 35.4 Å². The Morgan fingerprint density at radius 3 is 2.82 bits per heavy atom. The summed E-state index contributed by atoms with van der Waals surface area (Å²) in [5.41, 5.74) is 1.11. The Bertz CT molecular complexity index is 460. The Labute approximate surface area is 99.7 Å². The van der Waals surface area contributed by atoms with Gasteiger partial charge in [0.1, 0.15) is 0 Å². The highest BCUT2D eigenvalue weighted by Crippen LogP contribution is 2.05. The summed E-state index contributed by atoms with van der Waals surface area (Å²) in [6.07, 6.45) is 5.63. The van der Waals surface area contributed by atoms with Crippen LogP contribution in [-0.4, -0.2) is 23.5 Å². The molecular formula is C13H13NO3. The summed E-state index contributed by atoms with van der Waals surface area (Å²) in [5.74, 6) is 1.10. The molecule has 0 saturated heterocycles. The van der Waals surface area contributed by atoms with Crippen molar-refractivity contribution < 1.29 is 14.7 Å². The van der Waals surface area contributed by atoms with E-state index in [0.29, 0.717) is 13.0 Å². The van der Waals surface area contributed by atoms with Crippen molar-refractivity contribution in [2.24, 2.45) is 0 Å². The Hall–Kier alpha value is -2.28. The van der Waals surface area contributed by atoms with Gasteiger partial charge in [0.25, 0.3) is 0 Å². The Morgan fingerprint density at radius 2 is 2.18 bits per heavy atom. The fourth-order valence-corrected chi connectivity index (χ4v) is 1.36. The number of carboxylic acid groups (broad SMARTS) is 1. The second-order valence-corrected chi connectivity index (χ2v) is 3.49. The highest BCUT2D eigenvalue weighted by molar-refractivity contribution is 5.87. The number of carbonyl (C=O) groups is 2. The summed E-state index contributed by atoms with van der Waals surface area (Å²) < 4.78 is 0. The van der Waals surface area contributed by atoms with Crippen LogP contribution in [-0.2, 0) is 11.2 Å². The second-order valence-electron chi connectivity index (χ2n) is 3.49. The van der Waals surface area contributed by atoms with Crippen LogP contribution in [0.4, 0.5) is 0 Å². The van der Waals surface area contributed by atoms with Crippen LogP contribution in [0.15, 0.2) is 24.3 Å². The van der Waals surface area contributed by atoms with E-state index in [9.17, 15) is 9.59 Å². The van der Waals surface area contributed by atoms with Gasteiger partial charge in [0.05, 0.1) is 12.0 Å². The maximum Gasteiger partial charge on any atom is 0.335 e. The van der Waals surface area contributed by atoms with Gasteiger partial charge in [-0.2, -0.15) is 0 Å². The van der Waals surface area contributed by atoms with Gasteiger partial charge in [-0.05, 0) is 24.1 Å². The lowest BCUT2D eigenvalue weighted by Gasteiger charge is -2.04. The number of rotatable bonds is 5. The SMILES string of the molecule is C#CCC(=O)NCCc1cccc(C(=O)O)c1. The molecule has 1 aromatic carbocycles. The van der Waals surface area contributed by atoms with E-state index >= 15 is 0 Å². The van der Waals surface area contributed by atoms with Crippen molar-refractivity contribution in [2.45, 2.75) is 12.8 Å². The Balaban J connectivity index is 2.47. The lowest BCUT2D eigenvalue weighted by atomic mass is 10.1. The molecule has 1 amide bonds. The van der Waals surface area contributed by atoms with Gasteiger partial charge in [0.15, 0.2) is 0 Å². The van der Waals surface area contributed by atoms with Gasteiger partial charge in [-0.15, -0.1) is 6.42 Å². The lowest BCUT2D eigenvalue weighted by molar-refractivity contribution is -0.120. The number of amides is 1. The number of nitrogens with one attached hydrogen (secondary N) is 1. The molecule has 4 nitrogen and oxygen atoms in total. The zero-order valence-electron chi connectivity index (χ0n) is 9.27. The van der Waals surface area contributed by atoms with Crippen LogP contribution < -0.4 is 5.32 Å². The van der Waals surface area contributed by atoms with E-state index in [1.807, 2.05) is 6.07 Å². The average molecular weight is 231 g/mol. The Morgan fingerprint density at radius 1 is 1.41 bits per heavy atom. The van der Waals surface area contributed by atoms with E-state index in [0.717, 1.165) is 5.56 Å². The highest BCUT2D eigenvalue weighted by atomic mass is 16.4. The average Bonchev–Trinajstić information content (AvgIpc) is 2.30. The van der Waals surface area contributed by atoms with Crippen LogP contribution in [0.25, 0.3) is 0 Å². The van der Waals surface area contributed by atoms with Gasteiger partial charge < -0.3 is 10.4 Å². The molecule has 88 valence electrons. The van der Waals surface area contributed by atoms with Gasteiger partial charge in [-0.1, -0.05) is 18.1 Å². The van der Waals surface area contributed by atoms with Gasteiger partial charge in [0, 0.05) is 6.54 Å². The van der Waals surface area contributed by atoms with Crippen molar-refractivity contribution in [3.63, 3.8) is 0 Å². The predicted octanol–water partition coefficient (Wildman–Crippen LogP) is 1.07. The molecule has 0 aromatic heterocycles. The first-order chi connectivity index (χ1) is 8.13. The highest BCUT2D eigenvalue weighted by Gasteiger charge is 2.03. The van der Waals surface area contributed by atoms with Gasteiger partial charge >= 0.3 is 5.97 Å². The maximum atomic E-state index is 11.1. The molecule has 0 spiro atoms. The van der Waals surface area contributed by atoms with E-state index < -0.39 is 5.97 Å². The summed E-state index contributed by atoms with van der Waals surface area (Å²) in [7, 11) is 0. The summed E-state index contributed by atoms with van der Waals surface area (Å²) in [6, 6.07) is 6.63. The Kier molecular flexibility index (Phi) is 4.77. The first-order valence-corrected chi connectivity index (χ1v) is 5.16. The van der Waals surface area contributed by atoms with E-state index in [2.05, 4.69) is 11.2 Å². The molecule has 0 saturated carbocycles. The topological polar surface area (TPSA) is 66.4 Å². The van der Waals surface area contributed by atoms with Crippen LogP contribution in [0.2, 0.25) is 0 Å². The van der Waals surface area contributed by atoms with Crippen LogP contribution in [0.1, 0.15) is 22.3 Å². The van der Waals surface area contributed by atoms with Crippen LogP contribution in [0.3, 0.4) is 0 Å². The zero-order chi connectivity index (χ0) is 12.7. The van der Waals surface area contributed by atoms with Gasteiger partial charge in [-0.25, -0.2) is 4.79 Å².